The molecule has 0 saturated heterocycles. The van der Waals surface area contributed by atoms with Gasteiger partial charge in [-0.1, -0.05) is 228 Å². The number of aromatic hydroxyl groups is 1. The van der Waals surface area contributed by atoms with Gasteiger partial charge in [0.1, 0.15) is 11.6 Å². The van der Waals surface area contributed by atoms with Crippen molar-refractivity contribution >= 4 is 32.8 Å². The minimum Gasteiger partial charge on any atom is -0.507 e. The normalized spacial score (nSPS) is 12.3. The van der Waals surface area contributed by atoms with Crippen molar-refractivity contribution in [2.75, 3.05) is 0 Å². The van der Waals surface area contributed by atoms with Crippen LogP contribution in [0, 0.1) is 6.07 Å². The van der Waals surface area contributed by atoms with Gasteiger partial charge in [-0.3, -0.25) is 9.55 Å². The summed E-state index contributed by atoms with van der Waals surface area (Å²) in [5, 5.41) is 15.3. The van der Waals surface area contributed by atoms with E-state index in [-0.39, 0.29) is 48.5 Å². The quantitative estimate of drug-likeness (QED) is 0.154. The summed E-state index contributed by atoms with van der Waals surface area (Å²) in [5.41, 5.74) is 20.4. The van der Waals surface area contributed by atoms with Gasteiger partial charge in [-0.15, -0.1) is 29.8 Å². The topological polar surface area (TPSA) is 55.9 Å². The van der Waals surface area contributed by atoms with Crippen LogP contribution in [0.2, 0.25) is 0 Å². The van der Waals surface area contributed by atoms with E-state index < -0.39 is 0 Å². The number of hydrogen-bond donors (Lipinski definition) is 1. The Balaban J connectivity index is 0.00000705. The molecule has 0 radical (unpaired) electrons. The number of hydrogen-bond acceptors (Lipinski definition) is 3. The van der Waals surface area contributed by atoms with Gasteiger partial charge in [0.05, 0.1) is 27.6 Å². The van der Waals surface area contributed by atoms with Gasteiger partial charge in [0.25, 0.3) is 0 Å². The molecule has 82 heavy (non-hydrogen) atoms. The second-order valence-electron chi connectivity index (χ2n) is 26.1. The molecule has 12 rings (SSSR count). The van der Waals surface area contributed by atoms with Crippen molar-refractivity contribution in [3.63, 3.8) is 0 Å². The molecule has 3 aromatic heterocycles. The van der Waals surface area contributed by atoms with Gasteiger partial charge in [-0.25, -0.2) is 4.98 Å². The molecule has 0 aliphatic heterocycles. The summed E-state index contributed by atoms with van der Waals surface area (Å²) < 4.78 is 4.72. The summed E-state index contributed by atoms with van der Waals surface area (Å²) in [7, 11) is 0. The van der Waals surface area contributed by atoms with E-state index in [0.717, 1.165) is 100 Å². The van der Waals surface area contributed by atoms with Gasteiger partial charge in [-0.05, 0) is 115 Å². The molecule has 412 valence electrons. The number of phenolic OH excluding ortho intramolecular Hbond substituents is 1. The number of rotatable bonds is 8. The van der Waals surface area contributed by atoms with Gasteiger partial charge >= 0.3 is 0 Å². The number of nitrogens with zero attached hydrogens (tertiary/aromatic N) is 4. The fourth-order valence-electron chi connectivity index (χ4n) is 11.6. The third-order valence-corrected chi connectivity index (χ3v) is 16.2. The van der Waals surface area contributed by atoms with Crippen LogP contribution >= 0.6 is 0 Å². The van der Waals surface area contributed by atoms with Gasteiger partial charge in [0.2, 0.25) is 0 Å². The average Bonchev–Trinajstić information content (AvgIpc) is 3.67. The zero-order valence-electron chi connectivity index (χ0n) is 49.2. The third-order valence-electron chi connectivity index (χ3n) is 16.2. The SMILES string of the molecule is CC(C)(C)c1cc(-n2c(-c3cc(C(C)(C)C)cc(C(C)(C)C)c3O)nc3c(-c4[c-]c(-c5cc(-c6cccc7c8ccccc8n(-c8ccccc8)c67)ccn5)ccc4)cc(-c4ccccc4-c4ccccc4)cc32)cc(C(C)(C)C)c1.[Pt]. The number of imidazole rings is 1. The molecule has 12 aromatic rings. The minimum absolute atomic E-state index is 0. The predicted molar refractivity (Wildman–Crippen MR) is 341 cm³/mol. The summed E-state index contributed by atoms with van der Waals surface area (Å²) in [4.78, 5) is 10.9. The molecule has 0 aliphatic carbocycles. The van der Waals surface area contributed by atoms with Crippen molar-refractivity contribution in [2.24, 2.45) is 0 Å². The van der Waals surface area contributed by atoms with Crippen LogP contribution in [-0.4, -0.2) is 24.2 Å². The van der Waals surface area contributed by atoms with Crippen molar-refractivity contribution in [2.45, 2.75) is 105 Å². The standard InChI is InChI=1S/C76H71N4O.Pt/c1-73(2,3)53-43-54(74(4,5)6)45-57(44-53)80-68-42-52(59-32-20-19-31-58(59)48-25-15-13-16-26-48)40-63(69(68)78-72(80)64-46-55(75(7,8)9)47-65(71(64)81)76(10,11)12)49-27-23-28-51(39-49)66-41-50(37-38-77-66)60-34-24-35-62-61-33-21-22-36-67(61)79(70(60)62)56-29-17-14-18-30-56;/h13-38,40-47,81H,1-12H3;/q-1;. The molecule has 6 heteroatoms. The Kier molecular flexibility index (Phi) is 14.3. The monoisotopic (exact) mass is 1250 g/mol. The zero-order valence-corrected chi connectivity index (χ0v) is 51.5. The van der Waals surface area contributed by atoms with E-state index in [4.69, 9.17) is 9.97 Å². The molecule has 0 unspecified atom stereocenters. The fraction of sp³-hybridized carbons (Fsp3) is 0.211. The van der Waals surface area contributed by atoms with Crippen LogP contribution in [0.1, 0.15) is 105 Å². The maximum atomic E-state index is 12.9. The molecule has 1 N–H and O–H groups in total. The van der Waals surface area contributed by atoms with E-state index in [1.165, 1.54) is 21.9 Å². The second kappa shape index (κ2) is 21.0. The Morgan fingerprint density at radius 1 is 0.402 bits per heavy atom. The number of para-hydroxylation sites is 3. The molecule has 5 nitrogen and oxygen atoms in total. The Morgan fingerprint density at radius 3 is 1.65 bits per heavy atom. The van der Waals surface area contributed by atoms with E-state index in [1.54, 1.807) is 0 Å². The Bertz CT molecular complexity index is 4350. The van der Waals surface area contributed by atoms with E-state index in [2.05, 4.69) is 298 Å². The van der Waals surface area contributed by atoms with Crippen LogP contribution in [-0.2, 0) is 42.7 Å². The first-order valence-corrected chi connectivity index (χ1v) is 28.4. The molecule has 0 bridgehead atoms. The van der Waals surface area contributed by atoms with Crippen LogP contribution in [0.15, 0.2) is 206 Å². The van der Waals surface area contributed by atoms with Crippen LogP contribution < -0.4 is 0 Å². The first kappa shape index (κ1) is 55.8. The Hall–Kier alpha value is -8.11. The van der Waals surface area contributed by atoms with E-state index >= 15 is 0 Å². The van der Waals surface area contributed by atoms with Crippen molar-refractivity contribution < 1.29 is 26.2 Å². The molecular formula is C76H71N4OPt-. The average molecular weight is 1250 g/mol. The molecule has 0 amide bonds. The summed E-state index contributed by atoms with van der Waals surface area (Å²) in [6.07, 6.45) is 1.92. The summed E-state index contributed by atoms with van der Waals surface area (Å²) >= 11 is 0. The molecule has 9 aromatic carbocycles. The molecule has 3 heterocycles. The van der Waals surface area contributed by atoms with Gasteiger partial charge in [0, 0.05) is 66.2 Å². The zero-order chi connectivity index (χ0) is 56.8. The van der Waals surface area contributed by atoms with E-state index in [1.807, 2.05) is 6.20 Å². The van der Waals surface area contributed by atoms with Crippen molar-refractivity contribution in [3.8, 4) is 84.3 Å². The van der Waals surface area contributed by atoms with Crippen LogP contribution in [0.4, 0.5) is 0 Å². The molecule has 0 atom stereocenters. The van der Waals surface area contributed by atoms with Crippen LogP contribution in [0.25, 0.3) is 111 Å². The maximum Gasteiger partial charge on any atom is 0.148 e. The smallest absolute Gasteiger partial charge is 0.148 e. The van der Waals surface area contributed by atoms with E-state index in [9.17, 15) is 5.11 Å². The summed E-state index contributed by atoms with van der Waals surface area (Å²) in [6.45, 7) is 27.0. The van der Waals surface area contributed by atoms with Crippen molar-refractivity contribution in [3.05, 3.63) is 235 Å². The second-order valence-corrected chi connectivity index (χ2v) is 26.1. The summed E-state index contributed by atoms with van der Waals surface area (Å²) in [6, 6.07) is 76.0. The summed E-state index contributed by atoms with van der Waals surface area (Å²) in [5.74, 6) is 0.915. The molecular weight excluding hydrogens is 1180 g/mol. The number of fused-ring (bicyclic) bond motifs is 4. The third kappa shape index (κ3) is 10.2. The molecule has 0 aliphatic rings. The van der Waals surface area contributed by atoms with Gasteiger partial charge in [-0.2, -0.15) is 0 Å². The molecule has 0 spiro atoms. The first-order valence-electron chi connectivity index (χ1n) is 28.4. The van der Waals surface area contributed by atoms with Crippen LogP contribution in [0.5, 0.6) is 5.75 Å². The Labute approximate surface area is 498 Å². The number of pyridine rings is 1. The Morgan fingerprint density at radius 2 is 0.976 bits per heavy atom. The van der Waals surface area contributed by atoms with E-state index in [0.29, 0.717) is 11.4 Å². The molecule has 0 fully saturated rings. The molecule has 0 saturated carbocycles. The van der Waals surface area contributed by atoms with Crippen molar-refractivity contribution in [1.29, 1.82) is 0 Å². The van der Waals surface area contributed by atoms with Crippen molar-refractivity contribution in [1.82, 2.24) is 19.1 Å². The first-order chi connectivity index (χ1) is 38.6. The fourth-order valence-corrected chi connectivity index (χ4v) is 11.6. The number of phenols is 1. The largest absolute Gasteiger partial charge is 0.507 e. The number of aromatic nitrogens is 4. The van der Waals surface area contributed by atoms with Crippen LogP contribution in [0.3, 0.4) is 0 Å². The van der Waals surface area contributed by atoms with Gasteiger partial charge in [0.15, 0.2) is 0 Å². The maximum absolute atomic E-state index is 12.9. The van der Waals surface area contributed by atoms with Gasteiger partial charge < -0.3 is 9.67 Å². The predicted octanol–water partition coefficient (Wildman–Crippen LogP) is 20.2. The number of benzene rings is 9. The minimum atomic E-state index is -0.366.